The highest BCUT2D eigenvalue weighted by atomic mass is 19.4. The monoisotopic (exact) mass is 307 g/mol. The van der Waals surface area contributed by atoms with E-state index in [9.17, 15) is 18.0 Å². The summed E-state index contributed by atoms with van der Waals surface area (Å²) in [6.45, 7) is 0. The number of hydrogen-bond donors (Lipinski definition) is 2. The summed E-state index contributed by atoms with van der Waals surface area (Å²) >= 11 is 0. The predicted molar refractivity (Wildman–Crippen MR) is 71.1 cm³/mol. The zero-order valence-corrected chi connectivity index (χ0v) is 10.8. The maximum Gasteiger partial charge on any atom is 0.433 e. The van der Waals surface area contributed by atoms with Gasteiger partial charge < -0.3 is 5.32 Å². The standard InChI is InChI=1S/C13H8F3N5O/c14-13(15,16)11-4-1-7(6-17-11)12(22)18-8-2-3-9-10(5-8)20-21-19-9/h1-6H,(H,18,22)(H,19,20,21). The van der Waals surface area contributed by atoms with E-state index >= 15 is 0 Å². The van der Waals surface area contributed by atoms with Crippen LogP contribution in [-0.4, -0.2) is 26.3 Å². The lowest BCUT2D eigenvalue weighted by molar-refractivity contribution is -0.141. The van der Waals surface area contributed by atoms with Crippen LogP contribution >= 0.6 is 0 Å². The highest BCUT2D eigenvalue weighted by Crippen LogP contribution is 2.27. The maximum atomic E-state index is 12.4. The number of carbonyl (C=O) groups excluding carboxylic acids is 1. The Labute approximate surface area is 121 Å². The molecule has 0 spiro atoms. The largest absolute Gasteiger partial charge is 0.433 e. The number of pyridine rings is 1. The number of benzene rings is 1. The molecule has 6 nitrogen and oxygen atoms in total. The third kappa shape index (κ3) is 2.73. The van der Waals surface area contributed by atoms with E-state index in [1.807, 2.05) is 0 Å². The molecule has 0 aliphatic carbocycles. The summed E-state index contributed by atoms with van der Waals surface area (Å²) < 4.78 is 37.2. The molecular formula is C13H8F3N5O. The van der Waals surface area contributed by atoms with Crippen molar-refractivity contribution >= 4 is 22.6 Å². The summed E-state index contributed by atoms with van der Waals surface area (Å²) in [4.78, 5) is 15.2. The van der Waals surface area contributed by atoms with Gasteiger partial charge in [-0.25, -0.2) is 0 Å². The van der Waals surface area contributed by atoms with Gasteiger partial charge in [-0.2, -0.15) is 28.6 Å². The molecule has 0 saturated heterocycles. The van der Waals surface area contributed by atoms with E-state index in [2.05, 4.69) is 25.7 Å². The van der Waals surface area contributed by atoms with Crippen LogP contribution in [0.2, 0.25) is 0 Å². The van der Waals surface area contributed by atoms with Crippen molar-refractivity contribution in [3.63, 3.8) is 0 Å². The van der Waals surface area contributed by atoms with Crippen LogP contribution in [0.3, 0.4) is 0 Å². The summed E-state index contributed by atoms with van der Waals surface area (Å²) in [5.74, 6) is -0.566. The Morgan fingerprint density at radius 3 is 2.55 bits per heavy atom. The average Bonchev–Trinajstić information content (AvgIpc) is 2.94. The SMILES string of the molecule is O=C(Nc1ccc2n[nH]nc2c1)c1ccc(C(F)(F)F)nc1. The van der Waals surface area contributed by atoms with Crippen molar-refractivity contribution in [3.8, 4) is 0 Å². The number of aromatic nitrogens is 4. The molecule has 1 amide bonds. The molecule has 22 heavy (non-hydrogen) atoms. The Balaban J connectivity index is 1.78. The minimum Gasteiger partial charge on any atom is -0.322 e. The Kier molecular flexibility index (Phi) is 3.24. The zero-order valence-electron chi connectivity index (χ0n) is 10.8. The van der Waals surface area contributed by atoms with Crippen molar-refractivity contribution in [2.24, 2.45) is 0 Å². The van der Waals surface area contributed by atoms with E-state index in [1.54, 1.807) is 18.2 Å². The molecule has 0 saturated carbocycles. The number of hydrogen-bond acceptors (Lipinski definition) is 4. The van der Waals surface area contributed by atoms with Gasteiger partial charge in [0.25, 0.3) is 5.91 Å². The minimum atomic E-state index is -4.53. The second kappa shape index (κ2) is 5.10. The summed E-state index contributed by atoms with van der Waals surface area (Å²) in [6, 6.07) is 6.68. The van der Waals surface area contributed by atoms with Gasteiger partial charge in [0.1, 0.15) is 16.7 Å². The van der Waals surface area contributed by atoms with Crippen LogP contribution in [0.25, 0.3) is 11.0 Å². The molecule has 0 atom stereocenters. The fraction of sp³-hybridized carbons (Fsp3) is 0.0769. The van der Waals surface area contributed by atoms with Crippen LogP contribution in [0.15, 0.2) is 36.5 Å². The quantitative estimate of drug-likeness (QED) is 0.762. The Morgan fingerprint density at radius 2 is 1.86 bits per heavy atom. The number of halogens is 3. The van der Waals surface area contributed by atoms with E-state index in [-0.39, 0.29) is 5.56 Å². The third-order valence-corrected chi connectivity index (χ3v) is 2.89. The van der Waals surface area contributed by atoms with Crippen LogP contribution < -0.4 is 5.32 Å². The highest BCUT2D eigenvalue weighted by Gasteiger charge is 2.32. The van der Waals surface area contributed by atoms with Crippen molar-refractivity contribution in [2.45, 2.75) is 6.18 Å². The molecule has 0 bridgehead atoms. The predicted octanol–water partition coefficient (Wildman–Crippen LogP) is 2.62. The number of amides is 1. The van der Waals surface area contributed by atoms with Crippen LogP contribution in [0, 0.1) is 0 Å². The molecule has 3 rings (SSSR count). The molecule has 2 heterocycles. The van der Waals surface area contributed by atoms with Crippen LogP contribution in [-0.2, 0) is 6.18 Å². The number of aromatic amines is 1. The topological polar surface area (TPSA) is 83.6 Å². The van der Waals surface area contributed by atoms with Crippen LogP contribution in [0.4, 0.5) is 18.9 Å². The first-order valence-corrected chi connectivity index (χ1v) is 6.08. The van der Waals surface area contributed by atoms with Gasteiger partial charge in [0.2, 0.25) is 0 Å². The van der Waals surface area contributed by atoms with E-state index in [1.165, 1.54) is 0 Å². The molecule has 2 N–H and O–H groups in total. The average molecular weight is 307 g/mol. The summed E-state index contributed by atoms with van der Waals surface area (Å²) in [5.41, 5.74) is 0.616. The molecule has 0 radical (unpaired) electrons. The van der Waals surface area contributed by atoms with Gasteiger partial charge in [-0.1, -0.05) is 0 Å². The van der Waals surface area contributed by atoms with Crippen LogP contribution in [0.5, 0.6) is 0 Å². The molecule has 0 aliphatic heterocycles. The molecule has 0 aliphatic rings. The number of H-pyrrole nitrogens is 1. The molecule has 3 aromatic rings. The fourth-order valence-corrected chi connectivity index (χ4v) is 1.82. The number of nitrogens with zero attached hydrogens (tertiary/aromatic N) is 3. The zero-order chi connectivity index (χ0) is 15.7. The number of nitrogens with one attached hydrogen (secondary N) is 2. The van der Waals surface area contributed by atoms with E-state index in [0.29, 0.717) is 16.7 Å². The Bertz CT molecular complexity index is 826. The van der Waals surface area contributed by atoms with E-state index < -0.39 is 17.8 Å². The number of anilines is 1. The second-order valence-electron chi connectivity index (χ2n) is 4.41. The van der Waals surface area contributed by atoms with Crippen LogP contribution in [0.1, 0.15) is 16.1 Å². The fourth-order valence-electron chi connectivity index (χ4n) is 1.82. The van der Waals surface area contributed by atoms with Gasteiger partial charge >= 0.3 is 6.18 Å². The third-order valence-electron chi connectivity index (χ3n) is 2.89. The summed E-state index contributed by atoms with van der Waals surface area (Å²) in [6.07, 6.45) is -3.65. The molecule has 2 aromatic heterocycles. The molecule has 0 fully saturated rings. The lowest BCUT2D eigenvalue weighted by atomic mass is 10.2. The van der Waals surface area contributed by atoms with Gasteiger partial charge in [0.05, 0.1) is 5.56 Å². The number of carbonyl (C=O) groups is 1. The highest BCUT2D eigenvalue weighted by molar-refractivity contribution is 6.04. The Morgan fingerprint density at radius 1 is 1.09 bits per heavy atom. The molecular weight excluding hydrogens is 299 g/mol. The first-order valence-electron chi connectivity index (χ1n) is 6.08. The summed E-state index contributed by atoms with van der Waals surface area (Å²) in [5, 5.41) is 12.7. The van der Waals surface area contributed by atoms with Gasteiger partial charge in [-0.3, -0.25) is 9.78 Å². The van der Waals surface area contributed by atoms with E-state index in [0.717, 1.165) is 18.3 Å². The van der Waals surface area contributed by atoms with Gasteiger partial charge in [0.15, 0.2) is 0 Å². The lowest BCUT2D eigenvalue weighted by Gasteiger charge is -2.07. The van der Waals surface area contributed by atoms with Crippen molar-refractivity contribution < 1.29 is 18.0 Å². The first kappa shape index (κ1) is 14.0. The number of alkyl halides is 3. The van der Waals surface area contributed by atoms with Crippen molar-refractivity contribution in [1.29, 1.82) is 0 Å². The van der Waals surface area contributed by atoms with Crippen molar-refractivity contribution in [1.82, 2.24) is 20.4 Å². The normalized spacial score (nSPS) is 11.6. The minimum absolute atomic E-state index is 0.0215. The van der Waals surface area contributed by atoms with Gasteiger partial charge in [-0.05, 0) is 30.3 Å². The van der Waals surface area contributed by atoms with E-state index in [4.69, 9.17) is 0 Å². The summed E-state index contributed by atoms with van der Waals surface area (Å²) in [7, 11) is 0. The van der Waals surface area contributed by atoms with Gasteiger partial charge in [-0.15, -0.1) is 0 Å². The molecule has 112 valence electrons. The lowest BCUT2D eigenvalue weighted by Crippen LogP contribution is -2.14. The molecule has 1 aromatic carbocycles. The number of rotatable bonds is 2. The molecule has 0 unspecified atom stereocenters. The molecule has 9 heteroatoms. The first-order chi connectivity index (χ1) is 10.4. The smallest absolute Gasteiger partial charge is 0.322 e. The van der Waals surface area contributed by atoms with Crippen molar-refractivity contribution in [2.75, 3.05) is 5.32 Å². The number of fused-ring (bicyclic) bond motifs is 1. The second-order valence-corrected chi connectivity index (χ2v) is 4.41. The van der Waals surface area contributed by atoms with Crippen molar-refractivity contribution in [3.05, 3.63) is 47.8 Å². The Hall–Kier alpha value is -2.97. The maximum absolute atomic E-state index is 12.4. The van der Waals surface area contributed by atoms with Gasteiger partial charge in [0, 0.05) is 11.9 Å².